The van der Waals surface area contributed by atoms with Crippen LogP contribution in [-0.2, 0) is 0 Å². The van der Waals surface area contributed by atoms with Crippen LogP contribution in [0.2, 0.25) is 0 Å². The summed E-state index contributed by atoms with van der Waals surface area (Å²) < 4.78 is 16.9. The van der Waals surface area contributed by atoms with Crippen molar-refractivity contribution in [2.75, 3.05) is 25.1 Å². The Bertz CT molecular complexity index is 903. The fraction of sp³-hybridized carbons (Fsp3) is 0.364. The van der Waals surface area contributed by atoms with Gasteiger partial charge >= 0.3 is 0 Å². The van der Waals surface area contributed by atoms with E-state index in [0.29, 0.717) is 53.9 Å². The highest BCUT2D eigenvalue weighted by Gasteiger charge is 2.19. The average molecular weight is 433 g/mol. The highest BCUT2D eigenvalue weighted by atomic mass is 32.1. The van der Waals surface area contributed by atoms with Crippen molar-refractivity contribution in [3.05, 3.63) is 41.0 Å². The number of carbonyl (C=O) groups is 1. The Kier molecular flexibility index (Phi) is 8.29. The number of aryl methyl sites for hydroxylation is 2. The number of nitrogens with one attached hydrogen (secondary N) is 2. The summed E-state index contributed by atoms with van der Waals surface area (Å²) in [5.74, 6) is 0.929. The van der Waals surface area contributed by atoms with Crippen LogP contribution < -0.4 is 24.8 Å². The molecule has 1 amide bonds. The summed E-state index contributed by atoms with van der Waals surface area (Å²) >= 11 is 5.25. The zero-order valence-electron chi connectivity index (χ0n) is 17.9. The van der Waals surface area contributed by atoms with Crippen molar-refractivity contribution < 1.29 is 24.1 Å². The monoisotopic (exact) mass is 432 g/mol. The molecule has 0 saturated heterocycles. The number of aromatic hydroxyl groups is 1. The third-order valence-electron chi connectivity index (χ3n) is 4.09. The largest absolute Gasteiger partial charge is 0.505 e. The second-order valence-corrected chi connectivity index (χ2v) is 6.90. The number of rotatable bonds is 8. The second-order valence-electron chi connectivity index (χ2n) is 6.49. The lowest BCUT2D eigenvalue weighted by molar-refractivity contribution is 0.0976. The summed E-state index contributed by atoms with van der Waals surface area (Å²) in [5.41, 5.74) is 2.39. The van der Waals surface area contributed by atoms with Gasteiger partial charge in [0, 0.05) is 5.56 Å². The average Bonchev–Trinajstić information content (AvgIpc) is 2.68. The Labute approximate surface area is 182 Å². The Morgan fingerprint density at radius 1 is 0.967 bits per heavy atom. The molecular weight excluding hydrogens is 404 g/mol. The van der Waals surface area contributed by atoms with E-state index in [9.17, 15) is 9.90 Å². The van der Waals surface area contributed by atoms with Crippen molar-refractivity contribution in [1.82, 2.24) is 5.32 Å². The molecule has 0 heterocycles. The summed E-state index contributed by atoms with van der Waals surface area (Å²) in [6.07, 6.45) is 0. The van der Waals surface area contributed by atoms with E-state index in [1.807, 2.05) is 33.8 Å². The van der Waals surface area contributed by atoms with Gasteiger partial charge in [-0.3, -0.25) is 10.1 Å². The molecule has 0 fully saturated rings. The van der Waals surface area contributed by atoms with Crippen LogP contribution in [0.15, 0.2) is 24.3 Å². The summed E-state index contributed by atoms with van der Waals surface area (Å²) in [6, 6.07) is 6.77. The van der Waals surface area contributed by atoms with Crippen LogP contribution in [-0.4, -0.2) is 35.9 Å². The maximum Gasteiger partial charge on any atom is 0.257 e. The van der Waals surface area contributed by atoms with E-state index >= 15 is 0 Å². The summed E-state index contributed by atoms with van der Waals surface area (Å²) in [6.45, 7) is 10.5. The molecule has 0 aromatic heterocycles. The van der Waals surface area contributed by atoms with E-state index in [4.69, 9.17) is 26.4 Å². The van der Waals surface area contributed by atoms with Crippen molar-refractivity contribution >= 4 is 28.9 Å². The third kappa shape index (κ3) is 5.76. The van der Waals surface area contributed by atoms with E-state index in [1.54, 1.807) is 25.1 Å². The number of amides is 1. The van der Waals surface area contributed by atoms with Crippen molar-refractivity contribution in [2.24, 2.45) is 0 Å². The number of carbonyl (C=O) groups excluding carboxylic acids is 1. The maximum absolute atomic E-state index is 12.8. The van der Waals surface area contributed by atoms with Gasteiger partial charge in [-0.05, 0) is 76.2 Å². The number of phenols is 1. The quantitative estimate of drug-likeness (QED) is 0.423. The Morgan fingerprint density at radius 2 is 1.53 bits per heavy atom. The van der Waals surface area contributed by atoms with Crippen LogP contribution in [0.5, 0.6) is 23.0 Å². The van der Waals surface area contributed by atoms with Crippen molar-refractivity contribution in [2.45, 2.75) is 34.6 Å². The molecule has 2 aromatic rings. The van der Waals surface area contributed by atoms with Crippen molar-refractivity contribution in [3.63, 3.8) is 0 Å². The van der Waals surface area contributed by atoms with Crippen LogP contribution in [0.3, 0.4) is 0 Å². The van der Waals surface area contributed by atoms with E-state index in [-0.39, 0.29) is 10.9 Å². The molecule has 3 N–H and O–H groups in total. The van der Waals surface area contributed by atoms with Crippen LogP contribution >= 0.6 is 12.2 Å². The van der Waals surface area contributed by atoms with Gasteiger partial charge in [-0.1, -0.05) is 6.07 Å². The van der Waals surface area contributed by atoms with Crippen molar-refractivity contribution in [1.29, 1.82) is 0 Å². The molecule has 7 nitrogen and oxygen atoms in total. The van der Waals surface area contributed by atoms with Gasteiger partial charge in [-0.2, -0.15) is 0 Å². The molecule has 0 radical (unpaired) electrons. The minimum absolute atomic E-state index is 0.0603. The topological polar surface area (TPSA) is 89.1 Å². The number of hydrogen-bond acceptors (Lipinski definition) is 6. The lowest BCUT2D eigenvalue weighted by Gasteiger charge is -2.17. The van der Waals surface area contributed by atoms with E-state index in [1.165, 1.54) is 0 Å². The molecule has 162 valence electrons. The minimum atomic E-state index is -0.443. The van der Waals surface area contributed by atoms with Crippen molar-refractivity contribution in [3.8, 4) is 23.0 Å². The zero-order chi connectivity index (χ0) is 22.3. The minimum Gasteiger partial charge on any atom is -0.505 e. The number of phenolic OH excluding ortho intramolecular Hbond substituents is 1. The molecule has 0 atom stereocenters. The van der Waals surface area contributed by atoms with E-state index in [2.05, 4.69) is 10.6 Å². The van der Waals surface area contributed by atoms with Crippen LogP contribution in [0.4, 0.5) is 5.69 Å². The molecule has 0 spiro atoms. The SMILES string of the molecule is CCOc1cc(C(=O)NC(=S)Nc2cc(C)cc(C)c2O)cc(OCC)c1OCC. The maximum atomic E-state index is 12.8. The van der Waals surface area contributed by atoms with Gasteiger partial charge in [0.25, 0.3) is 5.91 Å². The zero-order valence-corrected chi connectivity index (χ0v) is 18.7. The molecule has 0 bridgehead atoms. The molecule has 0 saturated carbocycles. The molecule has 2 aromatic carbocycles. The van der Waals surface area contributed by atoms with Crippen LogP contribution in [0, 0.1) is 13.8 Å². The number of benzene rings is 2. The highest BCUT2D eigenvalue weighted by molar-refractivity contribution is 7.80. The lowest BCUT2D eigenvalue weighted by Crippen LogP contribution is -2.34. The van der Waals surface area contributed by atoms with Gasteiger partial charge in [0.15, 0.2) is 16.6 Å². The predicted octanol–water partition coefficient (Wildman–Crippen LogP) is 4.33. The molecular formula is C22H28N2O5S. The third-order valence-corrected chi connectivity index (χ3v) is 4.30. The molecule has 0 aliphatic carbocycles. The number of thiocarbonyl (C=S) groups is 1. The first kappa shape index (κ1) is 23.3. The normalized spacial score (nSPS) is 10.3. The summed E-state index contributed by atoms with van der Waals surface area (Å²) in [4.78, 5) is 12.8. The number of anilines is 1. The lowest BCUT2D eigenvalue weighted by atomic mass is 10.1. The Morgan fingerprint density at radius 3 is 2.07 bits per heavy atom. The summed E-state index contributed by atoms with van der Waals surface area (Å²) in [5, 5.41) is 15.8. The van der Waals surface area contributed by atoms with Gasteiger partial charge < -0.3 is 24.6 Å². The standard InChI is InChI=1S/C22H28N2O5S/c1-6-27-17-11-15(12-18(28-7-2)20(17)29-8-3)21(26)24-22(30)23-16-10-13(4)9-14(5)19(16)25/h9-12,25H,6-8H2,1-5H3,(H2,23,24,26,30). The van der Waals surface area contributed by atoms with Gasteiger partial charge in [0.05, 0.1) is 25.5 Å². The fourth-order valence-electron chi connectivity index (χ4n) is 2.90. The first-order valence-electron chi connectivity index (χ1n) is 9.79. The number of ether oxygens (including phenoxy) is 3. The Balaban J connectivity index is 2.26. The molecule has 0 aliphatic heterocycles. The van der Waals surface area contributed by atoms with Gasteiger partial charge in [0.2, 0.25) is 5.75 Å². The van der Waals surface area contributed by atoms with Crippen LogP contribution in [0.1, 0.15) is 42.3 Å². The smallest absolute Gasteiger partial charge is 0.257 e. The van der Waals surface area contributed by atoms with Gasteiger partial charge in [0.1, 0.15) is 5.75 Å². The van der Waals surface area contributed by atoms with Gasteiger partial charge in [-0.15, -0.1) is 0 Å². The molecule has 0 aliphatic rings. The predicted molar refractivity (Wildman–Crippen MR) is 121 cm³/mol. The second kappa shape index (κ2) is 10.7. The first-order chi connectivity index (χ1) is 14.3. The Hall–Kier alpha value is -3.00. The highest BCUT2D eigenvalue weighted by Crippen LogP contribution is 2.39. The fourth-order valence-corrected chi connectivity index (χ4v) is 3.11. The summed E-state index contributed by atoms with van der Waals surface area (Å²) in [7, 11) is 0. The van der Waals surface area contributed by atoms with E-state index in [0.717, 1.165) is 5.56 Å². The molecule has 30 heavy (non-hydrogen) atoms. The number of hydrogen-bond donors (Lipinski definition) is 3. The van der Waals surface area contributed by atoms with Gasteiger partial charge in [-0.25, -0.2) is 0 Å². The molecule has 8 heteroatoms. The molecule has 0 unspecified atom stereocenters. The van der Waals surface area contributed by atoms with E-state index < -0.39 is 5.91 Å². The van der Waals surface area contributed by atoms with Crippen LogP contribution in [0.25, 0.3) is 0 Å². The molecule has 2 rings (SSSR count). The first-order valence-corrected chi connectivity index (χ1v) is 10.2.